The van der Waals surface area contributed by atoms with Crippen LogP contribution in [0.1, 0.15) is 22.3 Å². The van der Waals surface area contributed by atoms with Crippen LogP contribution in [0.4, 0.5) is 13.2 Å². The van der Waals surface area contributed by atoms with Crippen LogP contribution in [0, 0.1) is 12.8 Å². The van der Waals surface area contributed by atoms with Gasteiger partial charge in [0, 0.05) is 24.8 Å². The molecule has 5 nitrogen and oxygen atoms in total. The van der Waals surface area contributed by atoms with E-state index >= 15 is 0 Å². The first-order chi connectivity index (χ1) is 15.3. The Balaban J connectivity index is 1.50. The number of halogens is 3. The van der Waals surface area contributed by atoms with E-state index in [1.165, 1.54) is 4.90 Å². The molecule has 0 aliphatic carbocycles. The monoisotopic (exact) mass is 442 g/mol. The summed E-state index contributed by atoms with van der Waals surface area (Å²) >= 11 is 0. The van der Waals surface area contributed by atoms with Crippen molar-refractivity contribution in [2.24, 2.45) is 5.92 Å². The molecule has 1 atom stereocenters. The first-order valence-corrected chi connectivity index (χ1v) is 10.6. The normalized spacial score (nSPS) is 16.9. The van der Waals surface area contributed by atoms with Gasteiger partial charge in [-0.05, 0) is 37.9 Å². The summed E-state index contributed by atoms with van der Waals surface area (Å²) in [5.74, 6) is -0.287. The molecule has 0 spiro atoms. The van der Waals surface area contributed by atoms with Gasteiger partial charge in [0.25, 0.3) is 5.91 Å². The first kappa shape index (κ1) is 22.1. The van der Waals surface area contributed by atoms with E-state index in [2.05, 4.69) is 10.4 Å². The van der Waals surface area contributed by atoms with Crippen molar-refractivity contribution in [2.75, 3.05) is 26.2 Å². The van der Waals surface area contributed by atoms with Crippen molar-refractivity contribution >= 4 is 5.91 Å². The Hall–Kier alpha value is -3.13. The molecule has 168 valence electrons. The minimum Gasteiger partial charge on any atom is -0.352 e. The summed E-state index contributed by atoms with van der Waals surface area (Å²) in [6.45, 7) is 2.14. The number of nitrogens with one attached hydrogen (secondary N) is 1. The summed E-state index contributed by atoms with van der Waals surface area (Å²) in [7, 11) is 0. The number of amides is 1. The van der Waals surface area contributed by atoms with E-state index in [4.69, 9.17) is 0 Å². The van der Waals surface area contributed by atoms with Gasteiger partial charge in [-0.15, -0.1) is 0 Å². The molecular weight excluding hydrogens is 417 g/mol. The number of rotatable bonds is 6. The third-order valence-corrected chi connectivity index (χ3v) is 5.63. The number of hydrogen-bond acceptors (Lipinski definition) is 3. The van der Waals surface area contributed by atoms with Crippen LogP contribution in [0.3, 0.4) is 0 Å². The quantitative estimate of drug-likeness (QED) is 0.613. The van der Waals surface area contributed by atoms with Gasteiger partial charge in [0.2, 0.25) is 0 Å². The van der Waals surface area contributed by atoms with Crippen molar-refractivity contribution in [3.63, 3.8) is 0 Å². The predicted molar refractivity (Wildman–Crippen MR) is 117 cm³/mol. The van der Waals surface area contributed by atoms with Gasteiger partial charge in [-0.3, -0.25) is 9.69 Å². The standard InChI is InChI=1S/C24H25F3N4O/c1-17-7-9-20(10-8-17)31-15-21(22(29-31)19-5-3-2-4-6-19)23(32)28-13-18-11-12-30(14-18)16-24(25,26)27/h2-10,15,18H,11-14,16H2,1H3,(H,28,32)/t18-/m1/s1. The Kier molecular flexibility index (Phi) is 6.32. The lowest BCUT2D eigenvalue weighted by molar-refractivity contribution is -0.143. The molecular formula is C24H25F3N4O. The van der Waals surface area contributed by atoms with Crippen LogP contribution in [0.5, 0.6) is 0 Å². The molecule has 4 rings (SSSR count). The van der Waals surface area contributed by atoms with E-state index in [1.54, 1.807) is 10.9 Å². The molecule has 0 unspecified atom stereocenters. The Morgan fingerprint density at radius 3 is 2.53 bits per heavy atom. The summed E-state index contributed by atoms with van der Waals surface area (Å²) in [4.78, 5) is 14.4. The fourth-order valence-electron chi connectivity index (χ4n) is 3.99. The van der Waals surface area contributed by atoms with E-state index in [1.807, 2.05) is 61.5 Å². The zero-order chi connectivity index (χ0) is 22.7. The van der Waals surface area contributed by atoms with Gasteiger partial charge < -0.3 is 5.32 Å². The van der Waals surface area contributed by atoms with Crippen LogP contribution in [0.15, 0.2) is 60.8 Å². The maximum absolute atomic E-state index is 13.0. The van der Waals surface area contributed by atoms with E-state index in [0.29, 0.717) is 37.3 Å². The average Bonchev–Trinajstić information content (AvgIpc) is 3.39. The lowest BCUT2D eigenvalue weighted by atomic mass is 10.1. The third-order valence-electron chi connectivity index (χ3n) is 5.63. The van der Waals surface area contributed by atoms with Crippen LogP contribution in [0.25, 0.3) is 16.9 Å². The maximum Gasteiger partial charge on any atom is 0.401 e. The van der Waals surface area contributed by atoms with Gasteiger partial charge in [0.15, 0.2) is 0 Å². The molecule has 0 bridgehead atoms. The van der Waals surface area contributed by atoms with E-state index < -0.39 is 12.7 Å². The highest BCUT2D eigenvalue weighted by atomic mass is 19.4. The van der Waals surface area contributed by atoms with Gasteiger partial charge in [-0.2, -0.15) is 18.3 Å². The van der Waals surface area contributed by atoms with Gasteiger partial charge in [-0.1, -0.05) is 48.0 Å². The molecule has 0 radical (unpaired) electrons. The Labute approximate surface area is 184 Å². The van der Waals surface area contributed by atoms with Crippen molar-refractivity contribution in [1.29, 1.82) is 0 Å². The molecule has 1 N–H and O–H groups in total. The zero-order valence-corrected chi connectivity index (χ0v) is 17.8. The number of nitrogens with zero attached hydrogens (tertiary/aromatic N) is 3. The number of alkyl halides is 3. The Morgan fingerprint density at radius 1 is 1.12 bits per heavy atom. The summed E-state index contributed by atoms with van der Waals surface area (Å²) in [5, 5.41) is 7.56. The molecule has 1 amide bonds. The summed E-state index contributed by atoms with van der Waals surface area (Å²) in [6.07, 6.45) is -1.87. The molecule has 1 aliphatic rings. The number of benzene rings is 2. The Bertz CT molecular complexity index is 1060. The average molecular weight is 442 g/mol. The summed E-state index contributed by atoms with van der Waals surface area (Å²) in [6, 6.07) is 17.3. The molecule has 8 heteroatoms. The number of carbonyl (C=O) groups excluding carboxylic acids is 1. The highest BCUT2D eigenvalue weighted by molar-refractivity contribution is 5.99. The zero-order valence-electron chi connectivity index (χ0n) is 17.8. The molecule has 2 heterocycles. The van der Waals surface area contributed by atoms with E-state index in [9.17, 15) is 18.0 Å². The van der Waals surface area contributed by atoms with Gasteiger partial charge in [-0.25, -0.2) is 4.68 Å². The van der Waals surface area contributed by atoms with Gasteiger partial charge >= 0.3 is 6.18 Å². The second-order valence-electron chi connectivity index (χ2n) is 8.25. The number of hydrogen-bond donors (Lipinski definition) is 1. The van der Waals surface area contributed by atoms with E-state index in [-0.39, 0.29) is 11.8 Å². The third kappa shape index (κ3) is 5.37. The first-order valence-electron chi connectivity index (χ1n) is 10.6. The highest BCUT2D eigenvalue weighted by Crippen LogP contribution is 2.25. The topological polar surface area (TPSA) is 50.2 Å². The lowest BCUT2D eigenvalue weighted by Gasteiger charge is -2.18. The predicted octanol–water partition coefficient (Wildman–Crippen LogP) is 4.46. The number of aryl methyl sites for hydroxylation is 1. The fourth-order valence-corrected chi connectivity index (χ4v) is 3.99. The molecule has 1 aliphatic heterocycles. The van der Waals surface area contributed by atoms with Crippen molar-refractivity contribution < 1.29 is 18.0 Å². The molecule has 0 saturated carbocycles. The molecule has 3 aromatic rings. The Morgan fingerprint density at radius 2 is 1.84 bits per heavy atom. The number of carbonyl (C=O) groups is 1. The second-order valence-corrected chi connectivity index (χ2v) is 8.25. The van der Waals surface area contributed by atoms with Crippen molar-refractivity contribution in [3.05, 3.63) is 71.9 Å². The van der Waals surface area contributed by atoms with Gasteiger partial charge in [0.1, 0.15) is 5.69 Å². The van der Waals surface area contributed by atoms with Crippen LogP contribution >= 0.6 is 0 Å². The lowest BCUT2D eigenvalue weighted by Crippen LogP contribution is -2.34. The molecule has 2 aromatic carbocycles. The van der Waals surface area contributed by atoms with Crippen LogP contribution in [0.2, 0.25) is 0 Å². The number of aromatic nitrogens is 2. The second kappa shape index (κ2) is 9.16. The highest BCUT2D eigenvalue weighted by Gasteiger charge is 2.34. The van der Waals surface area contributed by atoms with Crippen LogP contribution < -0.4 is 5.32 Å². The fraction of sp³-hybridized carbons (Fsp3) is 0.333. The molecule has 32 heavy (non-hydrogen) atoms. The van der Waals surface area contributed by atoms with Crippen molar-refractivity contribution in [2.45, 2.75) is 19.5 Å². The number of likely N-dealkylation sites (tertiary alicyclic amines) is 1. The smallest absolute Gasteiger partial charge is 0.352 e. The minimum atomic E-state index is -4.20. The van der Waals surface area contributed by atoms with Gasteiger partial charge in [0.05, 0.1) is 17.8 Å². The molecule has 1 aromatic heterocycles. The van der Waals surface area contributed by atoms with Crippen molar-refractivity contribution in [3.8, 4) is 16.9 Å². The summed E-state index contributed by atoms with van der Waals surface area (Å²) in [5.41, 5.74) is 3.78. The largest absolute Gasteiger partial charge is 0.401 e. The SMILES string of the molecule is Cc1ccc(-n2cc(C(=O)NC[C@H]3CCN(CC(F)(F)F)C3)c(-c3ccccc3)n2)cc1. The summed E-state index contributed by atoms with van der Waals surface area (Å²) < 4.78 is 39.5. The van der Waals surface area contributed by atoms with Crippen molar-refractivity contribution in [1.82, 2.24) is 20.0 Å². The van der Waals surface area contributed by atoms with Crippen LogP contribution in [-0.4, -0.2) is 52.9 Å². The molecule has 1 fully saturated rings. The van der Waals surface area contributed by atoms with E-state index in [0.717, 1.165) is 16.8 Å². The maximum atomic E-state index is 13.0. The van der Waals surface area contributed by atoms with Crippen LogP contribution in [-0.2, 0) is 0 Å². The minimum absolute atomic E-state index is 0.00591. The molecule has 1 saturated heterocycles.